The van der Waals surface area contributed by atoms with Crippen LogP contribution in [0, 0.1) is 0 Å². The largest absolute Gasteiger partial charge is 0.469 e. The van der Waals surface area contributed by atoms with Crippen LogP contribution in [0.4, 0.5) is 0 Å². The number of rotatable bonds is 6. The van der Waals surface area contributed by atoms with Gasteiger partial charge < -0.3 is 14.8 Å². The van der Waals surface area contributed by atoms with E-state index in [4.69, 9.17) is 4.74 Å². The Labute approximate surface area is 96.5 Å². The Balaban J connectivity index is 3.45. The van der Waals surface area contributed by atoms with Crippen molar-refractivity contribution in [1.82, 2.24) is 5.32 Å². The summed E-state index contributed by atoms with van der Waals surface area (Å²) in [6.45, 7) is 6.50. The molecule has 0 heterocycles. The van der Waals surface area contributed by atoms with Crippen molar-refractivity contribution in [3.8, 4) is 0 Å². The summed E-state index contributed by atoms with van der Waals surface area (Å²) < 4.78 is 9.59. The number of esters is 2. The van der Waals surface area contributed by atoms with Gasteiger partial charge in [0.05, 0.1) is 20.0 Å². The van der Waals surface area contributed by atoms with Crippen molar-refractivity contribution in [2.24, 2.45) is 0 Å². The zero-order valence-corrected chi connectivity index (χ0v) is 10.5. The second kappa shape index (κ2) is 7.22. The molecule has 0 saturated heterocycles. The number of carbonyl (C=O) groups excluding carboxylic acids is 2. The molecule has 16 heavy (non-hydrogen) atoms. The fourth-order valence-electron chi connectivity index (χ4n) is 1.00. The van der Waals surface area contributed by atoms with Crippen LogP contribution in [0.1, 0.15) is 33.6 Å². The predicted molar refractivity (Wildman–Crippen MR) is 60.0 cm³/mol. The highest BCUT2D eigenvalue weighted by atomic mass is 16.6. The molecule has 94 valence electrons. The third-order valence-corrected chi connectivity index (χ3v) is 1.66. The number of hydrogen-bond donors (Lipinski definition) is 1. The lowest BCUT2D eigenvalue weighted by Gasteiger charge is -2.19. The first-order valence-corrected chi connectivity index (χ1v) is 5.34. The lowest BCUT2D eigenvalue weighted by atomic mass is 10.2. The Morgan fingerprint density at radius 3 is 2.00 bits per heavy atom. The second-order valence-corrected chi connectivity index (χ2v) is 4.41. The highest BCUT2D eigenvalue weighted by Crippen LogP contribution is 2.07. The van der Waals surface area contributed by atoms with Gasteiger partial charge in [-0.05, 0) is 20.8 Å². The van der Waals surface area contributed by atoms with E-state index in [1.165, 1.54) is 7.11 Å². The minimum Gasteiger partial charge on any atom is -0.469 e. The lowest BCUT2D eigenvalue weighted by molar-refractivity contribution is -0.154. The van der Waals surface area contributed by atoms with Crippen LogP contribution in [0.3, 0.4) is 0 Å². The quantitative estimate of drug-likeness (QED) is 0.543. The van der Waals surface area contributed by atoms with E-state index in [0.717, 1.165) is 0 Å². The van der Waals surface area contributed by atoms with Crippen LogP contribution >= 0.6 is 0 Å². The van der Waals surface area contributed by atoms with Crippen molar-refractivity contribution in [3.63, 3.8) is 0 Å². The van der Waals surface area contributed by atoms with Gasteiger partial charge in [0.15, 0.2) is 0 Å². The molecular weight excluding hydrogens is 210 g/mol. The molecule has 0 aromatic rings. The van der Waals surface area contributed by atoms with Gasteiger partial charge in [0.25, 0.3) is 0 Å². The second-order valence-electron chi connectivity index (χ2n) is 4.41. The maximum absolute atomic E-state index is 11.3. The zero-order valence-electron chi connectivity index (χ0n) is 10.5. The molecule has 5 nitrogen and oxygen atoms in total. The summed E-state index contributed by atoms with van der Waals surface area (Å²) >= 11 is 0. The highest BCUT2D eigenvalue weighted by molar-refractivity contribution is 5.70. The molecule has 0 atom stereocenters. The number of carbonyl (C=O) groups is 2. The Hall–Kier alpha value is -1.10. The molecule has 0 bridgehead atoms. The fourth-order valence-corrected chi connectivity index (χ4v) is 1.00. The molecule has 0 aromatic heterocycles. The number of nitrogens with one attached hydrogen (secondary N) is 1. The monoisotopic (exact) mass is 231 g/mol. The first kappa shape index (κ1) is 14.9. The molecule has 0 radical (unpaired) electrons. The summed E-state index contributed by atoms with van der Waals surface area (Å²) in [5.74, 6) is -0.497. The van der Waals surface area contributed by atoms with E-state index in [1.807, 2.05) is 20.8 Å². The van der Waals surface area contributed by atoms with Gasteiger partial charge in [0.2, 0.25) is 0 Å². The lowest BCUT2D eigenvalue weighted by Crippen LogP contribution is -2.27. The Morgan fingerprint density at radius 2 is 1.56 bits per heavy atom. The number of ether oxygens (including phenoxy) is 2. The molecule has 0 rings (SSSR count). The van der Waals surface area contributed by atoms with Crippen molar-refractivity contribution in [3.05, 3.63) is 0 Å². The van der Waals surface area contributed by atoms with Gasteiger partial charge in [-0.3, -0.25) is 9.59 Å². The average molecular weight is 231 g/mol. The van der Waals surface area contributed by atoms with Crippen LogP contribution in [0.2, 0.25) is 0 Å². The van der Waals surface area contributed by atoms with Crippen molar-refractivity contribution in [1.29, 1.82) is 0 Å². The first-order chi connectivity index (χ1) is 7.35. The van der Waals surface area contributed by atoms with Crippen molar-refractivity contribution in [2.75, 3.05) is 20.2 Å². The van der Waals surface area contributed by atoms with Gasteiger partial charge in [-0.2, -0.15) is 0 Å². The van der Waals surface area contributed by atoms with Crippen molar-refractivity contribution < 1.29 is 19.1 Å². The predicted octanol–water partition coefficient (Wildman–Crippen LogP) is 0.871. The van der Waals surface area contributed by atoms with Crippen LogP contribution in [0.25, 0.3) is 0 Å². The number of methoxy groups -OCH3 is 1. The van der Waals surface area contributed by atoms with Gasteiger partial charge in [-0.15, -0.1) is 0 Å². The van der Waals surface area contributed by atoms with Crippen LogP contribution in [0.5, 0.6) is 0 Å². The highest BCUT2D eigenvalue weighted by Gasteiger charge is 2.15. The summed E-state index contributed by atoms with van der Waals surface area (Å²) in [6, 6.07) is 0. The molecular formula is C11H21NO4. The van der Waals surface area contributed by atoms with Crippen LogP contribution < -0.4 is 5.32 Å². The van der Waals surface area contributed by atoms with Gasteiger partial charge in [-0.1, -0.05) is 0 Å². The molecule has 0 aliphatic rings. The van der Waals surface area contributed by atoms with Gasteiger partial charge >= 0.3 is 11.9 Å². The SMILES string of the molecule is COC(=O)CCNCCC(=O)OC(C)(C)C. The minimum absolute atomic E-state index is 0.238. The molecule has 0 unspecified atom stereocenters. The maximum atomic E-state index is 11.3. The molecule has 0 spiro atoms. The molecule has 1 N–H and O–H groups in total. The summed E-state index contributed by atoms with van der Waals surface area (Å²) in [4.78, 5) is 22.0. The van der Waals surface area contributed by atoms with E-state index in [2.05, 4.69) is 10.1 Å². The summed E-state index contributed by atoms with van der Waals surface area (Å²) in [7, 11) is 1.35. The average Bonchev–Trinajstić information content (AvgIpc) is 2.14. The minimum atomic E-state index is -0.441. The first-order valence-electron chi connectivity index (χ1n) is 5.34. The third kappa shape index (κ3) is 9.45. The molecule has 0 fully saturated rings. The van der Waals surface area contributed by atoms with E-state index in [-0.39, 0.29) is 11.9 Å². The summed E-state index contributed by atoms with van der Waals surface area (Å²) in [5.41, 5.74) is -0.441. The van der Waals surface area contributed by atoms with Gasteiger partial charge in [0, 0.05) is 13.1 Å². The molecule has 0 aromatic carbocycles. The van der Waals surface area contributed by atoms with Crippen molar-refractivity contribution >= 4 is 11.9 Å². The normalized spacial score (nSPS) is 11.0. The van der Waals surface area contributed by atoms with Gasteiger partial charge in [-0.25, -0.2) is 0 Å². The van der Waals surface area contributed by atoms with Crippen molar-refractivity contribution in [2.45, 2.75) is 39.2 Å². The molecule has 0 aliphatic heterocycles. The van der Waals surface area contributed by atoms with Crippen LogP contribution in [-0.4, -0.2) is 37.7 Å². The summed E-state index contributed by atoms with van der Waals surface area (Å²) in [5, 5.41) is 2.97. The van der Waals surface area contributed by atoms with E-state index in [9.17, 15) is 9.59 Å². The van der Waals surface area contributed by atoms with E-state index >= 15 is 0 Å². The summed E-state index contributed by atoms with van der Waals surface area (Å²) in [6.07, 6.45) is 0.614. The number of hydrogen-bond acceptors (Lipinski definition) is 5. The van der Waals surface area contributed by atoms with E-state index in [0.29, 0.717) is 25.9 Å². The zero-order chi connectivity index (χ0) is 12.6. The van der Waals surface area contributed by atoms with Crippen LogP contribution in [0.15, 0.2) is 0 Å². The standard InChI is InChI=1S/C11H21NO4/c1-11(2,3)16-10(14)6-8-12-7-5-9(13)15-4/h12H,5-8H2,1-4H3. The van der Waals surface area contributed by atoms with Crippen LogP contribution in [-0.2, 0) is 19.1 Å². The Bertz CT molecular complexity index is 233. The molecule has 0 amide bonds. The van der Waals surface area contributed by atoms with E-state index in [1.54, 1.807) is 0 Å². The molecule has 0 saturated carbocycles. The maximum Gasteiger partial charge on any atom is 0.307 e. The van der Waals surface area contributed by atoms with Gasteiger partial charge in [0.1, 0.15) is 5.60 Å². The topological polar surface area (TPSA) is 64.6 Å². The van der Waals surface area contributed by atoms with E-state index < -0.39 is 5.60 Å². The fraction of sp³-hybridized carbons (Fsp3) is 0.818. The molecule has 5 heteroatoms. The third-order valence-electron chi connectivity index (χ3n) is 1.66. The Morgan fingerprint density at radius 1 is 1.06 bits per heavy atom. The molecule has 0 aliphatic carbocycles. The Kier molecular flexibility index (Phi) is 6.72. The smallest absolute Gasteiger partial charge is 0.307 e.